The van der Waals surface area contributed by atoms with Crippen LogP contribution in [0.5, 0.6) is 5.75 Å². The molecule has 0 spiro atoms. The summed E-state index contributed by atoms with van der Waals surface area (Å²) in [6.45, 7) is 4.09. The Kier molecular flexibility index (Phi) is 3.06. The van der Waals surface area contributed by atoms with Gasteiger partial charge >= 0.3 is 5.63 Å². The molecule has 2 heterocycles. The molecule has 0 aliphatic rings. The summed E-state index contributed by atoms with van der Waals surface area (Å²) in [6, 6.07) is 6.85. The molecule has 0 saturated heterocycles. The highest BCUT2D eigenvalue weighted by Crippen LogP contribution is 2.35. The summed E-state index contributed by atoms with van der Waals surface area (Å²) in [5.41, 5.74) is 0.551. The van der Waals surface area contributed by atoms with Crippen molar-refractivity contribution in [1.82, 2.24) is 0 Å². The normalized spacial score (nSPS) is 11.9. The Hall–Kier alpha value is -2.49. The summed E-state index contributed by atoms with van der Waals surface area (Å²) in [4.78, 5) is 11.4. The lowest BCUT2D eigenvalue weighted by Gasteiger charge is -2.05. The van der Waals surface area contributed by atoms with Crippen LogP contribution in [0.2, 0.25) is 0 Å². The van der Waals surface area contributed by atoms with E-state index in [9.17, 15) is 4.79 Å². The number of rotatable bonds is 3. The molecule has 0 fully saturated rings. The molecular weight excluding hydrogens is 256 g/mol. The van der Waals surface area contributed by atoms with Crippen LogP contribution < -0.4 is 10.4 Å². The van der Waals surface area contributed by atoms with E-state index in [0.29, 0.717) is 22.8 Å². The number of allylic oxidation sites excluding steroid dienone is 1. The maximum Gasteiger partial charge on any atom is 0.336 e. The first-order chi connectivity index (χ1) is 9.65. The van der Waals surface area contributed by atoms with Gasteiger partial charge in [0, 0.05) is 16.8 Å². The Labute approximate surface area is 115 Å². The van der Waals surface area contributed by atoms with E-state index < -0.39 is 5.63 Å². The third-order valence-electron chi connectivity index (χ3n) is 2.93. The summed E-state index contributed by atoms with van der Waals surface area (Å²) in [5.74, 6) is 0.793. The fraction of sp³-hybridized carbons (Fsp3) is 0.188. The van der Waals surface area contributed by atoms with E-state index in [1.54, 1.807) is 18.6 Å². The van der Waals surface area contributed by atoms with Crippen LogP contribution in [0.1, 0.15) is 13.8 Å². The predicted molar refractivity (Wildman–Crippen MR) is 76.9 cm³/mol. The predicted octanol–water partition coefficient (Wildman–Crippen LogP) is 4.09. The molecule has 1 aromatic carbocycles. The molecule has 2 aromatic heterocycles. The van der Waals surface area contributed by atoms with Gasteiger partial charge in [-0.25, -0.2) is 4.79 Å². The zero-order valence-electron chi connectivity index (χ0n) is 11.3. The van der Waals surface area contributed by atoms with Crippen molar-refractivity contribution in [3.05, 3.63) is 53.3 Å². The second-order valence-electron chi connectivity index (χ2n) is 4.91. The molecule has 0 aliphatic heterocycles. The van der Waals surface area contributed by atoms with Gasteiger partial charge in [0.25, 0.3) is 0 Å². The minimum Gasteiger partial charge on any atom is -0.460 e. The highest BCUT2D eigenvalue weighted by molar-refractivity contribution is 5.99. The van der Waals surface area contributed by atoms with Crippen molar-refractivity contribution in [1.29, 1.82) is 0 Å². The first-order valence-electron chi connectivity index (χ1n) is 6.42. The van der Waals surface area contributed by atoms with E-state index in [1.165, 1.54) is 6.07 Å². The van der Waals surface area contributed by atoms with Gasteiger partial charge in [-0.3, -0.25) is 0 Å². The highest BCUT2D eigenvalue weighted by atomic mass is 16.5. The molecule has 4 nitrogen and oxygen atoms in total. The van der Waals surface area contributed by atoms with E-state index in [1.807, 2.05) is 32.1 Å². The summed E-state index contributed by atoms with van der Waals surface area (Å²) in [5, 5.41) is 1.70. The number of furan rings is 1. The zero-order chi connectivity index (χ0) is 14.1. The van der Waals surface area contributed by atoms with Gasteiger partial charge in [0.1, 0.15) is 0 Å². The minimum atomic E-state index is -0.416. The van der Waals surface area contributed by atoms with Crippen molar-refractivity contribution in [2.24, 2.45) is 5.92 Å². The standard InChI is InChI=1S/C16H14O4/c1-10(2)5-7-19-16-14-12(6-8-18-14)9-11-3-4-13(17)20-15(11)16/h3-10H,1-2H3. The Balaban J connectivity index is 2.24. The minimum absolute atomic E-state index is 0.365. The summed E-state index contributed by atoms with van der Waals surface area (Å²) in [7, 11) is 0. The number of hydrogen-bond acceptors (Lipinski definition) is 4. The van der Waals surface area contributed by atoms with Crippen molar-refractivity contribution in [3.8, 4) is 5.75 Å². The van der Waals surface area contributed by atoms with Gasteiger partial charge in [-0.15, -0.1) is 0 Å². The van der Waals surface area contributed by atoms with Gasteiger partial charge in [-0.1, -0.05) is 13.8 Å². The molecule has 0 N–H and O–H groups in total. The summed E-state index contributed by atoms with van der Waals surface area (Å²) in [6.07, 6.45) is 5.09. The Morgan fingerprint density at radius 3 is 2.75 bits per heavy atom. The third kappa shape index (κ3) is 2.20. The molecule has 3 rings (SSSR count). The number of ether oxygens (including phenoxy) is 1. The third-order valence-corrected chi connectivity index (χ3v) is 2.93. The lowest BCUT2D eigenvalue weighted by atomic mass is 10.1. The molecule has 0 amide bonds. The molecule has 0 aliphatic carbocycles. The van der Waals surface area contributed by atoms with E-state index in [2.05, 4.69) is 0 Å². The van der Waals surface area contributed by atoms with Crippen LogP contribution in [-0.2, 0) is 0 Å². The van der Waals surface area contributed by atoms with Crippen LogP contribution in [0.25, 0.3) is 21.9 Å². The Bertz CT molecular complexity index is 836. The lowest BCUT2D eigenvalue weighted by molar-refractivity contribution is 0.452. The van der Waals surface area contributed by atoms with Gasteiger partial charge in [0.15, 0.2) is 11.2 Å². The first kappa shape index (κ1) is 12.5. The van der Waals surface area contributed by atoms with Crippen molar-refractivity contribution in [2.75, 3.05) is 0 Å². The molecule has 0 radical (unpaired) electrons. The lowest BCUT2D eigenvalue weighted by Crippen LogP contribution is -1.96. The van der Waals surface area contributed by atoms with Crippen LogP contribution in [0.3, 0.4) is 0 Å². The average molecular weight is 270 g/mol. The van der Waals surface area contributed by atoms with Crippen LogP contribution >= 0.6 is 0 Å². The molecule has 20 heavy (non-hydrogen) atoms. The van der Waals surface area contributed by atoms with Crippen LogP contribution in [-0.4, -0.2) is 0 Å². The molecule has 102 valence electrons. The zero-order valence-corrected chi connectivity index (χ0v) is 11.3. The van der Waals surface area contributed by atoms with E-state index in [4.69, 9.17) is 13.6 Å². The van der Waals surface area contributed by atoms with Crippen molar-refractivity contribution in [3.63, 3.8) is 0 Å². The molecule has 0 saturated carbocycles. The average Bonchev–Trinajstić information content (AvgIpc) is 2.86. The molecule has 3 aromatic rings. The summed E-state index contributed by atoms with van der Waals surface area (Å²) >= 11 is 0. The SMILES string of the molecule is CC(C)C=COc1c2occc2cc2ccc(=O)oc12. The monoisotopic (exact) mass is 270 g/mol. The van der Waals surface area contributed by atoms with Gasteiger partial charge < -0.3 is 13.6 Å². The molecule has 0 bridgehead atoms. The second-order valence-corrected chi connectivity index (χ2v) is 4.91. The second kappa shape index (κ2) is 4.89. The quantitative estimate of drug-likeness (QED) is 0.531. The van der Waals surface area contributed by atoms with E-state index in [-0.39, 0.29) is 0 Å². The molecule has 0 atom stereocenters. The van der Waals surface area contributed by atoms with Crippen molar-refractivity contribution >= 4 is 21.9 Å². The molecule has 4 heteroatoms. The van der Waals surface area contributed by atoms with Gasteiger partial charge in [0.05, 0.1) is 12.5 Å². The molecular formula is C16H14O4. The van der Waals surface area contributed by atoms with Crippen molar-refractivity contribution < 1.29 is 13.6 Å². The number of hydrogen-bond donors (Lipinski definition) is 0. The maximum absolute atomic E-state index is 11.4. The van der Waals surface area contributed by atoms with Crippen molar-refractivity contribution in [2.45, 2.75) is 13.8 Å². The van der Waals surface area contributed by atoms with E-state index in [0.717, 1.165) is 10.8 Å². The van der Waals surface area contributed by atoms with Gasteiger partial charge in [-0.2, -0.15) is 0 Å². The Morgan fingerprint density at radius 1 is 1.15 bits per heavy atom. The van der Waals surface area contributed by atoms with Gasteiger partial charge in [0.2, 0.25) is 5.75 Å². The molecule has 0 unspecified atom stereocenters. The number of benzene rings is 1. The first-order valence-corrected chi connectivity index (χ1v) is 6.42. The fourth-order valence-electron chi connectivity index (χ4n) is 1.98. The largest absolute Gasteiger partial charge is 0.460 e. The van der Waals surface area contributed by atoms with Crippen LogP contribution in [0.15, 0.2) is 56.5 Å². The summed E-state index contributed by atoms with van der Waals surface area (Å²) < 4.78 is 16.3. The van der Waals surface area contributed by atoms with Crippen LogP contribution in [0, 0.1) is 5.92 Å². The topological polar surface area (TPSA) is 52.6 Å². The van der Waals surface area contributed by atoms with E-state index >= 15 is 0 Å². The smallest absolute Gasteiger partial charge is 0.336 e. The van der Waals surface area contributed by atoms with Crippen LogP contribution in [0.4, 0.5) is 0 Å². The number of fused-ring (bicyclic) bond motifs is 2. The van der Waals surface area contributed by atoms with Gasteiger partial charge in [-0.05, 0) is 30.2 Å². The highest BCUT2D eigenvalue weighted by Gasteiger charge is 2.13. The Morgan fingerprint density at radius 2 is 1.95 bits per heavy atom. The fourth-order valence-corrected chi connectivity index (χ4v) is 1.98. The maximum atomic E-state index is 11.4.